The van der Waals surface area contributed by atoms with Gasteiger partial charge in [-0.15, -0.1) is 0 Å². The third kappa shape index (κ3) is 4.64. The van der Waals surface area contributed by atoms with E-state index in [2.05, 4.69) is 15.4 Å². The highest BCUT2D eigenvalue weighted by molar-refractivity contribution is 7.92. The van der Waals surface area contributed by atoms with Crippen LogP contribution in [0.5, 0.6) is 0 Å². The summed E-state index contributed by atoms with van der Waals surface area (Å²) >= 11 is 0. The zero-order valence-corrected chi connectivity index (χ0v) is 12.3. The van der Waals surface area contributed by atoms with Crippen LogP contribution < -0.4 is 15.4 Å². The number of hydrogen-bond acceptors (Lipinski definition) is 4. The zero-order valence-electron chi connectivity index (χ0n) is 11.4. The Balaban J connectivity index is 2.10. The second kappa shape index (κ2) is 6.41. The molecule has 0 aliphatic carbocycles. The molecule has 0 spiro atoms. The van der Waals surface area contributed by atoms with Gasteiger partial charge in [-0.1, -0.05) is 0 Å². The van der Waals surface area contributed by atoms with Crippen molar-refractivity contribution < 1.29 is 12.8 Å². The van der Waals surface area contributed by atoms with E-state index in [1.165, 1.54) is 12.1 Å². The summed E-state index contributed by atoms with van der Waals surface area (Å²) in [5.74, 6) is -0.580. The molecule has 1 fully saturated rings. The summed E-state index contributed by atoms with van der Waals surface area (Å²) in [7, 11) is -3.48. The molecule has 20 heavy (non-hydrogen) atoms. The number of sulfonamides is 1. The number of nitrogens with one attached hydrogen (secondary N) is 3. The summed E-state index contributed by atoms with van der Waals surface area (Å²) in [5, 5.41) is 6.66. The zero-order chi connectivity index (χ0) is 14.6. The monoisotopic (exact) mass is 301 g/mol. The first kappa shape index (κ1) is 15.1. The lowest BCUT2D eigenvalue weighted by Gasteiger charge is -2.18. The van der Waals surface area contributed by atoms with Crippen molar-refractivity contribution in [2.24, 2.45) is 0 Å². The fraction of sp³-hybridized carbons (Fsp3) is 0.538. The first-order chi connectivity index (χ1) is 9.44. The molecule has 0 radical (unpaired) electrons. The van der Waals surface area contributed by atoms with Gasteiger partial charge in [-0.3, -0.25) is 4.72 Å². The molecule has 1 aromatic rings. The molecular weight excluding hydrogens is 281 g/mol. The molecule has 112 valence electrons. The van der Waals surface area contributed by atoms with Crippen molar-refractivity contribution in [1.29, 1.82) is 0 Å². The van der Waals surface area contributed by atoms with Crippen LogP contribution in [0, 0.1) is 5.82 Å². The minimum Gasteiger partial charge on any atom is -0.382 e. The van der Waals surface area contributed by atoms with E-state index < -0.39 is 15.8 Å². The van der Waals surface area contributed by atoms with E-state index in [1.807, 2.05) is 0 Å². The van der Waals surface area contributed by atoms with Crippen LogP contribution in [0.25, 0.3) is 0 Å². The Labute approximate surface area is 119 Å². The molecule has 1 heterocycles. The van der Waals surface area contributed by atoms with Gasteiger partial charge in [-0.05, 0) is 50.6 Å². The summed E-state index contributed by atoms with van der Waals surface area (Å²) in [4.78, 5) is 0. The molecule has 0 amide bonds. The molecule has 1 aliphatic rings. The number of benzene rings is 1. The van der Waals surface area contributed by atoms with E-state index in [4.69, 9.17) is 0 Å². The van der Waals surface area contributed by atoms with Crippen molar-refractivity contribution in [3.63, 3.8) is 0 Å². The maximum Gasteiger partial charge on any atom is 0.229 e. The van der Waals surface area contributed by atoms with E-state index >= 15 is 0 Å². The minimum atomic E-state index is -3.48. The van der Waals surface area contributed by atoms with Crippen molar-refractivity contribution in [3.05, 3.63) is 24.0 Å². The number of halogens is 1. The van der Waals surface area contributed by atoms with Crippen molar-refractivity contribution in [1.82, 2.24) is 5.32 Å². The number of anilines is 2. The normalized spacial score (nSPS) is 20.2. The van der Waals surface area contributed by atoms with Crippen LogP contribution in [-0.4, -0.2) is 33.8 Å². The van der Waals surface area contributed by atoms with Gasteiger partial charge in [0.15, 0.2) is 0 Å². The smallest absolute Gasteiger partial charge is 0.229 e. The lowest BCUT2D eigenvalue weighted by Crippen LogP contribution is -2.21. The topological polar surface area (TPSA) is 70.2 Å². The molecule has 1 atom stereocenters. The van der Waals surface area contributed by atoms with Crippen LogP contribution in [0.4, 0.5) is 15.8 Å². The maximum absolute atomic E-state index is 13.6. The van der Waals surface area contributed by atoms with Crippen molar-refractivity contribution >= 4 is 21.4 Å². The molecule has 1 aliphatic heterocycles. The standard InChI is InChI=1S/C13H20FN3O2S/c1-20(18,19)17-13-9-11(4-5-12(13)14)16-10-3-2-7-15-8-6-10/h4-5,9-10,15-17H,2-3,6-8H2,1H3. The Morgan fingerprint density at radius 1 is 1.30 bits per heavy atom. The van der Waals surface area contributed by atoms with Crippen LogP contribution in [-0.2, 0) is 10.0 Å². The van der Waals surface area contributed by atoms with Gasteiger partial charge in [0.25, 0.3) is 0 Å². The van der Waals surface area contributed by atoms with Crippen LogP contribution in [0.1, 0.15) is 19.3 Å². The minimum absolute atomic E-state index is 0.0238. The lowest BCUT2D eigenvalue weighted by molar-refractivity contribution is 0.603. The number of hydrogen-bond donors (Lipinski definition) is 3. The van der Waals surface area contributed by atoms with Gasteiger partial charge in [0.2, 0.25) is 10.0 Å². The highest BCUT2D eigenvalue weighted by Gasteiger charge is 2.13. The highest BCUT2D eigenvalue weighted by atomic mass is 32.2. The van der Waals surface area contributed by atoms with Crippen molar-refractivity contribution in [2.45, 2.75) is 25.3 Å². The fourth-order valence-corrected chi connectivity index (χ4v) is 2.85. The van der Waals surface area contributed by atoms with Gasteiger partial charge in [0.05, 0.1) is 11.9 Å². The highest BCUT2D eigenvalue weighted by Crippen LogP contribution is 2.22. The SMILES string of the molecule is CS(=O)(=O)Nc1cc(NC2CCCNCC2)ccc1F. The molecule has 5 nitrogen and oxygen atoms in total. The second-order valence-electron chi connectivity index (χ2n) is 5.09. The summed E-state index contributed by atoms with van der Waals surface area (Å²) in [5.41, 5.74) is 0.702. The molecule has 0 aromatic heterocycles. The Kier molecular flexibility index (Phi) is 4.82. The average Bonchev–Trinajstić information content (AvgIpc) is 2.60. The molecular formula is C13H20FN3O2S. The van der Waals surface area contributed by atoms with Gasteiger partial charge in [0, 0.05) is 11.7 Å². The van der Waals surface area contributed by atoms with Crippen LogP contribution in [0.3, 0.4) is 0 Å². The quantitative estimate of drug-likeness (QED) is 0.792. The summed E-state index contributed by atoms with van der Waals surface area (Å²) in [6.45, 7) is 1.97. The predicted molar refractivity (Wildman–Crippen MR) is 79.0 cm³/mol. The average molecular weight is 301 g/mol. The Hall–Kier alpha value is -1.34. The fourth-order valence-electron chi connectivity index (χ4n) is 2.29. The van der Waals surface area contributed by atoms with E-state index in [0.717, 1.165) is 44.3 Å². The Bertz CT molecular complexity index is 555. The molecule has 1 saturated heterocycles. The second-order valence-corrected chi connectivity index (χ2v) is 6.84. The third-order valence-electron chi connectivity index (χ3n) is 3.21. The Morgan fingerprint density at radius 3 is 2.85 bits per heavy atom. The van der Waals surface area contributed by atoms with E-state index in [1.54, 1.807) is 6.07 Å². The third-order valence-corrected chi connectivity index (χ3v) is 3.80. The molecule has 1 aromatic carbocycles. The van der Waals surface area contributed by atoms with E-state index in [-0.39, 0.29) is 5.69 Å². The summed E-state index contributed by atoms with van der Waals surface area (Å²) in [6, 6.07) is 4.71. The molecule has 1 unspecified atom stereocenters. The maximum atomic E-state index is 13.6. The summed E-state index contributed by atoms with van der Waals surface area (Å²) in [6.07, 6.45) is 4.13. The predicted octanol–water partition coefficient (Wildman–Crippen LogP) is 1.75. The van der Waals surface area contributed by atoms with E-state index in [9.17, 15) is 12.8 Å². The van der Waals surface area contributed by atoms with Gasteiger partial charge in [-0.25, -0.2) is 12.8 Å². The molecule has 0 bridgehead atoms. The molecule has 7 heteroatoms. The summed E-state index contributed by atoms with van der Waals surface area (Å²) < 4.78 is 38.1. The van der Waals surface area contributed by atoms with E-state index in [0.29, 0.717) is 6.04 Å². The molecule has 2 rings (SSSR count). The van der Waals surface area contributed by atoms with Crippen LogP contribution in [0.15, 0.2) is 18.2 Å². The van der Waals surface area contributed by atoms with Gasteiger partial charge < -0.3 is 10.6 Å². The Morgan fingerprint density at radius 2 is 2.10 bits per heavy atom. The van der Waals surface area contributed by atoms with Gasteiger partial charge >= 0.3 is 0 Å². The van der Waals surface area contributed by atoms with Crippen LogP contribution in [0.2, 0.25) is 0 Å². The largest absolute Gasteiger partial charge is 0.382 e. The molecule has 3 N–H and O–H groups in total. The van der Waals surface area contributed by atoms with Crippen molar-refractivity contribution in [3.8, 4) is 0 Å². The first-order valence-corrected chi connectivity index (χ1v) is 8.58. The van der Waals surface area contributed by atoms with Gasteiger partial charge in [0.1, 0.15) is 5.82 Å². The van der Waals surface area contributed by atoms with Gasteiger partial charge in [-0.2, -0.15) is 0 Å². The first-order valence-electron chi connectivity index (χ1n) is 6.69. The number of rotatable bonds is 4. The molecule has 0 saturated carbocycles. The van der Waals surface area contributed by atoms with Crippen molar-refractivity contribution in [2.75, 3.05) is 29.4 Å². The lowest BCUT2D eigenvalue weighted by atomic mass is 10.1. The van der Waals surface area contributed by atoms with Crippen LogP contribution >= 0.6 is 0 Å².